The number of anilines is 1. The van der Waals surface area contributed by atoms with E-state index in [1.807, 2.05) is 42.5 Å². The standard InChI is InChI=1S/C31H34N4O4/c1-30(2,18-21-11-13-23(14-12-21)39-28-25(32-3)9-7-17-33-28)34-19-22(36)20-38-26-10-6-8-24-27(26)31(29(37)35-24)15-4-5-16-31/h6-14,17,22,34,36H,4-5,15-16,18-20H2,1-2H3,(H,35,37)/t22-/m0/s1. The molecule has 1 atom stereocenters. The molecule has 1 aromatic heterocycles. The van der Waals surface area contributed by atoms with Crippen molar-refractivity contribution in [2.75, 3.05) is 18.5 Å². The number of aromatic nitrogens is 1. The lowest BCUT2D eigenvalue weighted by Gasteiger charge is -2.28. The summed E-state index contributed by atoms with van der Waals surface area (Å²) in [6.07, 6.45) is 5.36. The Morgan fingerprint density at radius 1 is 1.15 bits per heavy atom. The molecule has 2 heterocycles. The molecule has 2 aromatic carbocycles. The van der Waals surface area contributed by atoms with Gasteiger partial charge in [-0.25, -0.2) is 9.83 Å². The number of rotatable bonds is 10. The summed E-state index contributed by atoms with van der Waals surface area (Å²) in [7, 11) is 0. The lowest BCUT2D eigenvalue weighted by Crippen LogP contribution is -2.46. The quantitative estimate of drug-likeness (QED) is 0.300. The minimum Gasteiger partial charge on any atom is -0.490 e. The van der Waals surface area contributed by atoms with E-state index in [1.54, 1.807) is 18.3 Å². The number of β-amino-alcohol motifs (C(OH)–C–C–N with tert-alkyl or cyclic N) is 1. The molecule has 8 heteroatoms. The third kappa shape index (κ3) is 5.75. The van der Waals surface area contributed by atoms with Gasteiger partial charge < -0.3 is 25.2 Å². The predicted molar refractivity (Wildman–Crippen MR) is 150 cm³/mol. The number of hydrogen-bond acceptors (Lipinski definition) is 6. The highest BCUT2D eigenvalue weighted by Crippen LogP contribution is 2.52. The molecule has 5 rings (SSSR count). The van der Waals surface area contributed by atoms with Crippen LogP contribution in [0.15, 0.2) is 60.8 Å². The number of aliphatic hydroxyl groups is 1. The molecule has 202 valence electrons. The zero-order valence-corrected chi connectivity index (χ0v) is 22.4. The van der Waals surface area contributed by atoms with Crippen molar-refractivity contribution in [2.45, 2.75) is 63.0 Å². The summed E-state index contributed by atoms with van der Waals surface area (Å²) < 4.78 is 11.9. The van der Waals surface area contributed by atoms with E-state index in [0.717, 1.165) is 48.9 Å². The van der Waals surface area contributed by atoms with Crippen LogP contribution >= 0.6 is 0 Å². The van der Waals surface area contributed by atoms with E-state index in [9.17, 15) is 9.90 Å². The van der Waals surface area contributed by atoms with E-state index >= 15 is 0 Å². The molecular weight excluding hydrogens is 492 g/mol. The number of carbonyl (C=O) groups excluding carboxylic acids is 1. The molecule has 0 bridgehead atoms. The highest BCUT2D eigenvalue weighted by Gasteiger charge is 2.50. The summed E-state index contributed by atoms with van der Waals surface area (Å²) in [6.45, 7) is 11.9. The first-order chi connectivity index (χ1) is 18.8. The summed E-state index contributed by atoms with van der Waals surface area (Å²) >= 11 is 0. The largest absolute Gasteiger partial charge is 0.490 e. The number of ether oxygens (including phenoxy) is 2. The Balaban J connectivity index is 1.14. The van der Waals surface area contributed by atoms with Crippen molar-refractivity contribution in [1.29, 1.82) is 0 Å². The van der Waals surface area contributed by atoms with Crippen LogP contribution < -0.4 is 20.1 Å². The molecule has 0 unspecified atom stereocenters. The Hall–Kier alpha value is -3.93. The van der Waals surface area contributed by atoms with E-state index in [4.69, 9.17) is 16.0 Å². The first-order valence-corrected chi connectivity index (χ1v) is 13.4. The van der Waals surface area contributed by atoms with Gasteiger partial charge in [0.2, 0.25) is 17.5 Å². The number of pyridine rings is 1. The molecule has 1 saturated carbocycles. The van der Waals surface area contributed by atoms with E-state index in [2.05, 4.69) is 34.3 Å². The van der Waals surface area contributed by atoms with Crippen molar-refractivity contribution in [3.8, 4) is 17.4 Å². The number of nitrogens with one attached hydrogen (secondary N) is 2. The first-order valence-electron chi connectivity index (χ1n) is 13.4. The van der Waals surface area contributed by atoms with Gasteiger partial charge >= 0.3 is 0 Å². The van der Waals surface area contributed by atoms with Crippen LogP contribution in [0.2, 0.25) is 0 Å². The van der Waals surface area contributed by atoms with Crippen molar-refractivity contribution in [1.82, 2.24) is 10.3 Å². The van der Waals surface area contributed by atoms with Crippen LogP contribution in [0, 0.1) is 6.57 Å². The average Bonchev–Trinajstić information content (AvgIpc) is 3.53. The van der Waals surface area contributed by atoms with E-state index < -0.39 is 11.5 Å². The maximum absolute atomic E-state index is 12.8. The predicted octanol–water partition coefficient (Wildman–Crippen LogP) is 5.54. The molecule has 1 spiro atoms. The van der Waals surface area contributed by atoms with Gasteiger partial charge in [0.25, 0.3) is 0 Å². The van der Waals surface area contributed by atoms with Crippen LogP contribution in [0.3, 0.4) is 0 Å². The molecule has 2 aliphatic rings. The van der Waals surface area contributed by atoms with Crippen LogP contribution in [-0.4, -0.2) is 40.8 Å². The number of benzene rings is 2. The second-order valence-corrected chi connectivity index (χ2v) is 11.0. The molecule has 39 heavy (non-hydrogen) atoms. The third-order valence-corrected chi connectivity index (χ3v) is 7.55. The summed E-state index contributed by atoms with van der Waals surface area (Å²) in [5.74, 6) is 1.66. The zero-order valence-electron chi connectivity index (χ0n) is 22.4. The molecule has 1 aliphatic carbocycles. The van der Waals surface area contributed by atoms with Gasteiger partial charge in [-0.05, 0) is 69.0 Å². The minimum absolute atomic E-state index is 0.0689. The van der Waals surface area contributed by atoms with Crippen molar-refractivity contribution in [2.24, 2.45) is 0 Å². The Labute approximate surface area is 229 Å². The average molecular weight is 527 g/mol. The van der Waals surface area contributed by atoms with Crippen LogP contribution in [0.4, 0.5) is 11.4 Å². The zero-order chi connectivity index (χ0) is 27.5. The number of fused-ring (bicyclic) bond motifs is 2. The van der Waals surface area contributed by atoms with Gasteiger partial charge in [0.15, 0.2) is 0 Å². The smallest absolute Gasteiger partial charge is 0.247 e. The Morgan fingerprint density at radius 2 is 1.92 bits per heavy atom. The normalized spacial score (nSPS) is 16.4. The molecule has 3 aromatic rings. The van der Waals surface area contributed by atoms with Gasteiger partial charge in [-0.2, -0.15) is 0 Å². The van der Waals surface area contributed by atoms with Gasteiger partial charge in [0, 0.05) is 29.5 Å². The van der Waals surface area contributed by atoms with Crippen LogP contribution in [0.1, 0.15) is 50.7 Å². The fourth-order valence-electron chi connectivity index (χ4n) is 5.61. The van der Waals surface area contributed by atoms with Gasteiger partial charge in [-0.1, -0.05) is 37.1 Å². The van der Waals surface area contributed by atoms with Gasteiger partial charge in [0.05, 0.1) is 12.0 Å². The highest BCUT2D eigenvalue weighted by atomic mass is 16.5. The molecule has 8 nitrogen and oxygen atoms in total. The van der Waals surface area contributed by atoms with E-state index in [0.29, 0.717) is 29.6 Å². The fraction of sp³-hybridized carbons (Fsp3) is 0.387. The lowest BCUT2D eigenvalue weighted by molar-refractivity contribution is -0.120. The topological polar surface area (TPSA) is 97.1 Å². The van der Waals surface area contributed by atoms with Crippen molar-refractivity contribution in [3.05, 3.63) is 83.3 Å². The Kier molecular flexibility index (Phi) is 7.56. The number of nitrogens with zero attached hydrogens (tertiary/aromatic N) is 2. The molecule has 3 N–H and O–H groups in total. The van der Waals surface area contributed by atoms with Gasteiger partial charge in [0.1, 0.15) is 24.2 Å². The SMILES string of the molecule is [C-]#[N+]c1cccnc1Oc1ccc(CC(C)(C)NC[C@H](O)COc2cccc3c2C2(CCCC2)C(=O)N3)cc1. The van der Waals surface area contributed by atoms with Crippen LogP contribution in [0.5, 0.6) is 17.4 Å². The molecule has 1 amide bonds. The summed E-state index contributed by atoms with van der Waals surface area (Å²) in [5.41, 5.74) is 2.49. The summed E-state index contributed by atoms with van der Waals surface area (Å²) in [5, 5.41) is 17.2. The van der Waals surface area contributed by atoms with Crippen molar-refractivity contribution < 1.29 is 19.4 Å². The second kappa shape index (κ2) is 11.0. The Morgan fingerprint density at radius 3 is 2.67 bits per heavy atom. The molecule has 1 fully saturated rings. The number of carbonyl (C=O) groups is 1. The van der Waals surface area contributed by atoms with Crippen molar-refractivity contribution in [3.63, 3.8) is 0 Å². The number of hydrogen-bond donors (Lipinski definition) is 3. The molecule has 0 radical (unpaired) electrons. The van der Waals surface area contributed by atoms with E-state index in [-0.39, 0.29) is 18.1 Å². The number of amides is 1. The maximum Gasteiger partial charge on any atom is 0.247 e. The number of aliphatic hydroxyl groups excluding tert-OH is 1. The van der Waals surface area contributed by atoms with Crippen molar-refractivity contribution >= 4 is 17.3 Å². The monoisotopic (exact) mass is 526 g/mol. The summed E-state index contributed by atoms with van der Waals surface area (Å²) in [6, 6.07) is 16.8. The van der Waals surface area contributed by atoms with Crippen LogP contribution in [-0.2, 0) is 16.6 Å². The Bertz CT molecular complexity index is 1370. The molecule has 1 aliphatic heterocycles. The van der Waals surface area contributed by atoms with Gasteiger partial charge in [-0.15, -0.1) is 0 Å². The second-order valence-electron chi connectivity index (χ2n) is 11.0. The molecule has 0 saturated heterocycles. The minimum atomic E-state index is -0.712. The highest BCUT2D eigenvalue weighted by molar-refractivity contribution is 6.07. The maximum atomic E-state index is 12.8. The third-order valence-electron chi connectivity index (χ3n) is 7.55. The van der Waals surface area contributed by atoms with Gasteiger partial charge in [-0.3, -0.25) is 4.79 Å². The molecular formula is C31H34N4O4. The lowest BCUT2D eigenvalue weighted by atomic mass is 9.79. The summed E-state index contributed by atoms with van der Waals surface area (Å²) in [4.78, 5) is 20.4. The van der Waals surface area contributed by atoms with Crippen LogP contribution in [0.25, 0.3) is 4.85 Å². The first kappa shape index (κ1) is 26.7. The fourth-order valence-corrected chi connectivity index (χ4v) is 5.61. The van der Waals surface area contributed by atoms with E-state index in [1.165, 1.54) is 0 Å².